The molecule has 2 aromatic carbocycles. The summed E-state index contributed by atoms with van der Waals surface area (Å²) >= 11 is 6.22. The van der Waals surface area contributed by atoms with Gasteiger partial charge in [-0.3, -0.25) is 9.59 Å². The highest BCUT2D eigenvalue weighted by atomic mass is 35.5. The summed E-state index contributed by atoms with van der Waals surface area (Å²) in [6.07, 6.45) is -0.747. The summed E-state index contributed by atoms with van der Waals surface area (Å²) in [5.74, 6) is -0.694. The number of phenolic OH excluding ortho intramolecular Hbond substituents is 1. The normalized spacial score (nSPS) is 12.3. The number of phenols is 1. The van der Waals surface area contributed by atoms with E-state index in [1.807, 2.05) is 0 Å². The number of hydrogen-bond donors (Lipinski definition) is 3. The molecule has 8 nitrogen and oxygen atoms in total. The van der Waals surface area contributed by atoms with E-state index in [4.69, 9.17) is 20.8 Å². The molecule has 0 bridgehead atoms. The van der Waals surface area contributed by atoms with Crippen molar-refractivity contribution in [3.05, 3.63) is 57.7 Å². The molecule has 0 radical (unpaired) electrons. The smallest absolute Gasteiger partial charge is 0.408 e. The largest absolute Gasteiger partial charge is 0.507 e. The molecule has 0 aliphatic heterocycles. The van der Waals surface area contributed by atoms with E-state index < -0.39 is 29.1 Å². The highest BCUT2D eigenvalue weighted by Gasteiger charge is 2.23. The van der Waals surface area contributed by atoms with E-state index in [-0.39, 0.29) is 28.2 Å². The number of ether oxygens (including phenoxy) is 1. The molecule has 9 heteroatoms. The van der Waals surface area contributed by atoms with E-state index in [1.54, 1.807) is 45.0 Å². The fourth-order valence-electron chi connectivity index (χ4n) is 2.93. The Morgan fingerprint density at radius 3 is 2.50 bits per heavy atom. The number of rotatable bonds is 4. The Kier molecular flexibility index (Phi) is 6.45. The van der Waals surface area contributed by atoms with Gasteiger partial charge in [-0.15, -0.1) is 0 Å². The van der Waals surface area contributed by atoms with Gasteiger partial charge in [0.05, 0.1) is 10.7 Å². The van der Waals surface area contributed by atoms with Crippen molar-refractivity contribution in [2.75, 3.05) is 5.32 Å². The minimum atomic E-state index is -0.952. The van der Waals surface area contributed by atoms with Crippen LogP contribution in [0.25, 0.3) is 22.3 Å². The van der Waals surface area contributed by atoms with Crippen LogP contribution in [-0.4, -0.2) is 28.7 Å². The Balaban J connectivity index is 1.96. The summed E-state index contributed by atoms with van der Waals surface area (Å²) in [5, 5.41) is 15.5. The minimum Gasteiger partial charge on any atom is -0.507 e. The van der Waals surface area contributed by atoms with Gasteiger partial charge in [0, 0.05) is 11.6 Å². The van der Waals surface area contributed by atoms with Crippen molar-refractivity contribution < 1.29 is 23.8 Å². The minimum absolute atomic E-state index is 0.0229. The molecule has 1 atom stereocenters. The van der Waals surface area contributed by atoms with Gasteiger partial charge in [-0.2, -0.15) is 0 Å². The number of aromatic hydroxyl groups is 1. The van der Waals surface area contributed by atoms with Crippen LogP contribution in [0.5, 0.6) is 5.75 Å². The topological polar surface area (TPSA) is 118 Å². The first-order valence-corrected chi connectivity index (χ1v) is 10.2. The zero-order valence-corrected chi connectivity index (χ0v) is 18.7. The third-order valence-electron chi connectivity index (χ3n) is 4.38. The molecule has 0 unspecified atom stereocenters. The third-order valence-corrected chi connectivity index (χ3v) is 4.71. The molecule has 0 aliphatic carbocycles. The lowest BCUT2D eigenvalue weighted by Gasteiger charge is -2.21. The quantitative estimate of drug-likeness (QED) is 0.489. The van der Waals surface area contributed by atoms with Crippen molar-refractivity contribution in [1.82, 2.24) is 5.32 Å². The van der Waals surface area contributed by atoms with Crippen LogP contribution in [0.1, 0.15) is 27.7 Å². The fourth-order valence-corrected chi connectivity index (χ4v) is 3.16. The Labute approximate surface area is 189 Å². The number of anilines is 1. The van der Waals surface area contributed by atoms with Crippen LogP contribution in [0.3, 0.4) is 0 Å². The second-order valence-electron chi connectivity index (χ2n) is 8.15. The molecule has 1 aromatic heterocycles. The number of nitrogens with one attached hydrogen (secondary N) is 2. The monoisotopic (exact) mass is 458 g/mol. The van der Waals surface area contributed by atoms with Crippen molar-refractivity contribution in [1.29, 1.82) is 0 Å². The number of carbonyl (C=O) groups is 2. The van der Waals surface area contributed by atoms with Crippen molar-refractivity contribution in [3.63, 3.8) is 0 Å². The van der Waals surface area contributed by atoms with E-state index in [9.17, 15) is 19.5 Å². The number of hydrogen-bond acceptors (Lipinski definition) is 6. The molecule has 168 valence electrons. The molecule has 0 saturated heterocycles. The molecule has 3 rings (SSSR count). The van der Waals surface area contributed by atoms with Gasteiger partial charge in [0.1, 0.15) is 28.5 Å². The number of fused-ring (bicyclic) bond motifs is 1. The zero-order valence-electron chi connectivity index (χ0n) is 18.0. The molecular formula is C23H23ClN2O6. The summed E-state index contributed by atoms with van der Waals surface area (Å²) < 4.78 is 11.0. The van der Waals surface area contributed by atoms with Gasteiger partial charge in [0.25, 0.3) is 0 Å². The van der Waals surface area contributed by atoms with E-state index in [0.717, 1.165) is 0 Å². The second kappa shape index (κ2) is 8.92. The van der Waals surface area contributed by atoms with Crippen molar-refractivity contribution in [2.45, 2.75) is 39.3 Å². The first kappa shape index (κ1) is 23.1. The SMILES string of the molecule is C[C@@H](NC(=O)OC(C)(C)C)C(=O)Nc1ccc(O)c2c(=O)cc(-c3ccccc3Cl)oc12. The van der Waals surface area contributed by atoms with Crippen LogP contribution in [0, 0.1) is 0 Å². The van der Waals surface area contributed by atoms with Gasteiger partial charge < -0.3 is 24.9 Å². The lowest BCUT2D eigenvalue weighted by atomic mass is 10.1. The molecule has 0 aliphatic rings. The van der Waals surface area contributed by atoms with E-state index in [1.165, 1.54) is 25.1 Å². The first-order chi connectivity index (χ1) is 15.0. The first-order valence-electron chi connectivity index (χ1n) is 9.81. The lowest BCUT2D eigenvalue weighted by Crippen LogP contribution is -2.44. The number of amides is 2. The number of carbonyl (C=O) groups excluding carboxylic acids is 2. The predicted molar refractivity (Wildman–Crippen MR) is 122 cm³/mol. The molecule has 0 saturated carbocycles. The van der Waals surface area contributed by atoms with Crippen molar-refractivity contribution in [3.8, 4) is 17.1 Å². The van der Waals surface area contributed by atoms with Gasteiger partial charge in [-0.1, -0.05) is 23.7 Å². The highest BCUT2D eigenvalue weighted by Crippen LogP contribution is 2.34. The van der Waals surface area contributed by atoms with Crippen molar-refractivity contribution >= 4 is 40.3 Å². The average molecular weight is 459 g/mol. The number of benzene rings is 2. The van der Waals surface area contributed by atoms with Crippen LogP contribution < -0.4 is 16.1 Å². The third kappa shape index (κ3) is 5.20. The molecule has 2 amide bonds. The van der Waals surface area contributed by atoms with Crippen LogP contribution in [0.15, 0.2) is 51.7 Å². The molecule has 3 N–H and O–H groups in total. The summed E-state index contributed by atoms with van der Waals surface area (Å²) in [7, 11) is 0. The van der Waals surface area contributed by atoms with Crippen LogP contribution in [0.4, 0.5) is 10.5 Å². The van der Waals surface area contributed by atoms with Crippen molar-refractivity contribution in [2.24, 2.45) is 0 Å². The van der Waals surface area contributed by atoms with Gasteiger partial charge in [-0.05, 0) is 52.0 Å². The molecule has 0 fully saturated rings. The van der Waals surface area contributed by atoms with Gasteiger partial charge in [0.2, 0.25) is 5.91 Å². The maximum atomic E-state index is 12.7. The lowest BCUT2D eigenvalue weighted by molar-refractivity contribution is -0.117. The van der Waals surface area contributed by atoms with Gasteiger partial charge >= 0.3 is 6.09 Å². The summed E-state index contributed by atoms with van der Waals surface area (Å²) in [4.78, 5) is 37.3. The fraction of sp³-hybridized carbons (Fsp3) is 0.261. The molecule has 0 spiro atoms. The molecular weight excluding hydrogens is 436 g/mol. The Bertz CT molecular complexity index is 1250. The van der Waals surface area contributed by atoms with E-state index >= 15 is 0 Å². The number of halogens is 1. The van der Waals surface area contributed by atoms with Crippen LogP contribution >= 0.6 is 11.6 Å². The summed E-state index contributed by atoms with van der Waals surface area (Å²) in [6, 6.07) is 9.75. The van der Waals surface area contributed by atoms with Gasteiger partial charge in [-0.25, -0.2) is 4.79 Å². The molecule has 32 heavy (non-hydrogen) atoms. The van der Waals surface area contributed by atoms with E-state index in [2.05, 4.69) is 10.6 Å². The highest BCUT2D eigenvalue weighted by molar-refractivity contribution is 6.33. The zero-order chi connectivity index (χ0) is 23.6. The van der Waals surface area contributed by atoms with Gasteiger partial charge in [0.15, 0.2) is 11.0 Å². The van der Waals surface area contributed by atoms with E-state index in [0.29, 0.717) is 10.6 Å². The maximum absolute atomic E-state index is 12.7. The second-order valence-corrected chi connectivity index (χ2v) is 8.56. The predicted octanol–water partition coefficient (Wildman–Crippen LogP) is 4.67. The Morgan fingerprint density at radius 2 is 1.84 bits per heavy atom. The van der Waals surface area contributed by atoms with Crippen LogP contribution in [-0.2, 0) is 9.53 Å². The standard InChI is InChI=1S/C23H23ClN2O6/c1-12(25-22(30)32-23(2,3)4)21(29)26-15-9-10-16(27)19-17(28)11-18(31-20(15)19)13-7-5-6-8-14(13)24/h5-12,27H,1-4H3,(H,25,30)(H,26,29)/t12-/m1/s1. The number of alkyl carbamates (subject to hydrolysis) is 1. The summed E-state index contributed by atoms with van der Waals surface area (Å²) in [6.45, 7) is 6.60. The average Bonchev–Trinajstić information content (AvgIpc) is 2.68. The molecule has 3 aromatic rings. The Hall–Kier alpha value is -3.52. The Morgan fingerprint density at radius 1 is 1.16 bits per heavy atom. The maximum Gasteiger partial charge on any atom is 0.408 e. The summed E-state index contributed by atoms with van der Waals surface area (Å²) in [5.41, 5.74) is -0.619. The molecule has 1 heterocycles. The van der Waals surface area contributed by atoms with Crippen LogP contribution in [0.2, 0.25) is 5.02 Å².